The summed E-state index contributed by atoms with van der Waals surface area (Å²) in [4.78, 5) is 12.3. The standard InChI is InChI=1S/C14H22ClN3O/c1-8-6-5-7-11(9(8)2)16-14(19)13-12(15)10(3)18(4)17-13/h8-9,11H,5-7H2,1-4H3,(H,16,19)/t8-,9+,11+/m0/s1. The summed E-state index contributed by atoms with van der Waals surface area (Å²) in [6.07, 6.45) is 3.46. The summed E-state index contributed by atoms with van der Waals surface area (Å²) in [5, 5.41) is 7.74. The van der Waals surface area contributed by atoms with E-state index in [9.17, 15) is 4.79 Å². The van der Waals surface area contributed by atoms with Crippen molar-refractivity contribution in [1.82, 2.24) is 15.1 Å². The molecule has 1 fully saturated rings. The Morgan fingerprint density at radius 2 is 2.11 bits per heavy atom. The highest BCUT2D eigenvalue weighted by atomic mass is 35.5. The third-order valence-corrected chi connectivity index (χ3v) is 4.95. The van der Waals surface area contributed by atoms with Gasteiger partial charge in [-0.15, -0.1) is 0 Å². The highest BCUT2D eigenvalue weighted by molar-refractivity contribution is 6.34. The fourth-order valence-electron chi connectivity index (χ4n) is 2.75. The lowest BCUT2D eigenvalue weighted by Crippen LogP contribution is -2.43. The lowest BCUT2D eigenvalue weighted by Gasteiger charge is -2.34. The molecule has 1 saturated carbocycles. The molecule has 4 nitrogen and oxygen atoms in total. The molecule has 0 bridgehead atoms. The number of aromatic nitrogens is 2. The molecule has 0 saturated heterocycles. The molecule has 1 amide bonds. The SMILES string of the molecule is Cc1c(Cl)c(C(=O)N[C@@H]2CCC[C@H](C)[C@H]2C)nn1C. The molecule has 0 radical (unpaired) electrons. The fourth-order valence-corrected chi connectivity index (χ4v) is 3.00. The van der Waals surface area contributed by atoms with Crippen LogP contribution in [0.15, 0.2) is 0 Å². The van der Waals surface area contributed by atoms with Gasteiger partial charge in [-0.05, 0) is 25.2 Å². The van der Waals surface area contributed by atoms with Crippen molar-refractivity contribution in [2.75, 3.05) is 0 Å². The molecule has 0 aromatic carbocycles. The first-order valence-electron chi connectivity index (χ1n) is 6.91. The second kappa shape index (κ2) is 5.53. The van der Waals surface area contributed by atoms with E-state index < -0.39 is 0 Å². The quantitative estimate of drug-likeness (QED) is 0.907. The number of rotatable bonds is 2. The zero-order valence-corrected chi connectivity index (χ0v) is 12.8. The van der Waals surface area contributed by atoms with E-state index in [0.717, 1.165) is 12.1 Å². The number of halogens is 1. The molecule has 1 aromatic heterocycles. The summed E-state index contributed by atoms with van der Waals surface area (Å²) in [7, 11) is 1.79. The Balaban J connectivity index is 2.10. The fraction of sp³-hybridized carbons (Fsp3) is 0.714. The van der Waals surface area contributed by atoms with E-state index in [1.165, 1.54) is 12.8 Å². The predicted octanol–water partition coefficient (Wildman–Crippen LogP) is 2.94. The van der Waals surface area contributed by atoms with Gasteiger partial charge in [-0.25, -0.2) is 0 Å². The minimum Gasteiger partial charge on any atom is -0.348 e. The number of carbonyl (C=O) groups is 1. The Hall–Kier alpha value is -1.03. The predicted molar refractivity (Wildman–Crippen MR) is 76.4 cm³/mol. The molecule has 0 aliphatic heterocycles. The van der Waals surface area contributed by atoms with E-state index in [1.54, 1.807) is 11.7 Å². The van der Waals surface area contributed by atoms with E-state index in [-0.39, 0.29) is 11.9 Å². The van der Waals surface area contributed by atoms with E-state index in [4.69, 9.17) is 11.6 Å². The Kier molecular flexibility index (Phi) is 4.19. The molecule has 0 unspecified atom stereocenters. The van der Waals surface area contributed by atoms with Crippen molar-refractivity contribution in [2.45, 2.75) is 46.1 Å². The summed E-state index contributed by atoms with van der Waals surface area (Å²) < 4.78 is 1.64. The van der Waals surface area contributed by atoms with Crippen LogP contribution in [0.5, 0.6) is 0 Å². The van der Waals surface area contributed by atoms with E-state index in [2.05, 4.69) is 24.3 Å². The van der Waals surface area contributed by atoms with Gasteiger partial charge in [0.2, 0.25) is 0 Å². The van der Waals surface area contributed by atoms with Gasteiger partial charge in [0.1, 0.15) is 0 Å². The molecule has 106 valence electrons. The highest BCUT2D eigenvalue weighted by Gasteiger charge is 2.29. The molecule has 1 aliphatic rings. The molecule has 0 spiro atoms. The molecule has 1 heterocycles. The Bertz CT molecular complexity index is 483. The maximum atomic E-state index is 12.3. The van der Waals surface area contributed by atoms with Gasteiger partial charge in [-0.3, -0.25) is 9.48 Å². The lowest BCUT2D eigenvalue weighted by atomic mass is 9.78. The third kappa shape index (κ3) is 2.78. The van der Waals surface area contributed by atoms with Crippen LogP contribution < -0.4 is 5.32 Å². The van der Waals surface area contributed by atoms with Crippen LogP contribution in [0.3, 0.4) is 0 Å². The molecule has 2 rings (SSSR count). The maximum absolute atomic E-state index is 12.3. The van der Waals surface area contributed by atoms with Crippen LogP contribution in [0.4, 0.5) is 0 Å². The van der Waals surface area contributed by atoms with Crippen LogP contribution >= 0.6 is 11.6 Å². The number of amides is 1. The van der Waals surface area contributed by atoms with Gasteiger partial charge in [-0.2, -0.15) is 5.10 Å². The second-order valence-corrected chi connectivity index (χ2v) is 6.10. The van der Waals surface area contributed by atoms with E-state index in [1.807, 2.05) is 6.92 Å². The van der Waals surface area contributed by atoms with Crippen LogP contribution in [0.25, 0.3) is 0 Å². The number of nitrogens with one attached hydrogen (secondary N) is 1. The molecule has 1 N–H and O–H groups in total. The molecular weight excluding hydrogens is 262 g/mol. The van der Waals surface area contributed by atoms with Crippen LogP contribution in [0.2, 0.25) is 5.02 Å². The number of hydrogen-bond acceptors (Lipinski definition) is 2. The van der Waals surface area contributed by atoms with Crippen molar-refractivity contribution in [2.24, 2.45) is 18.9 Å². The van der Waals surface area contributed by atoms with Crippen LogP contribution in [-0.4, -0.2) is 21.7 Å². The molecular formula is C14H22ClN3O. The molecule has 3 atom stereocenters. The summed E-state index contributed by atoms with van der Waals surface area (Å²) >= 11 is 6.15. The lowest BCUT2D eigenvalue weighted by molar-refractivity contribution is 0.0885. The second-order valence-electron chi connectivity index (χ2n) is 5.72. The molecule has 5 heteroatoms. The third-order valence-electron chi connectivity index (χ3n) is 4.50. The largest absolute Gasteiger partial charge is 0.348 e. The first kappa shape index (κ1) is 14.4. The first-order chi connectivity index (χ1) is 8.91. The smallest absolute Gasteiger partial charge is 0.273 e. The number of nitrogens with zero attached hydrogens (tertiary/aromatic N) is 2. The number of aryl methyl sites for hydroxylation is 1. The van der Waals surface area contributed by atoms with Gasteiger partial charge >= 0.3 is 0 Å². The Morgan fingerprint density at radius 1 is 1.42 bits per heavy atom. The molecule has 19 heavy (non-hydrogen) atoms. The van der Waals surface area contributed by atoms with Gasteiger partial charge in [0, 0.05) is 13.1 Å². The minimum atomic E-state index is -0.153. The van der Waals surface area contributed by atoms with Crippen LogP contribution in [0.1, 0.15) is 49.3 Å². The summed E-state index contributed by atoms with van der Waals surface area (Å²) in [5.41, 5.74) is 1.16. The molecule has 1 aromatic rings. The Morgan fingerprint density at radius 3 is 2.68 bits per heavy atom. The Labute approximate surface area is 119 Å². The number of carbonyl (C=O) groups excluding carboxylic acids is 1. The van der Waals surface area contributed by atoms with Gasteiger partial charge in [0.05, 0.1) is 10.7 Å². The zero-order chi connectivity index (χ0) is 14.2. The van der Waals surface area contributed by atoms with Crippen molar-refractivity contribution in [3.63, 3.8) is 0 Å². The maximum Gasteiger partial charge on any atom is 0.273 e. The van der Waals surface area contributed by atoms with Gasteiger partial charge in [0.15, 0.2) is 5.69 Å². The zero-order valence-electron chi connectivity index (χ0n) is 12.0. The van der Waals surface area contributed by atoms with E-state index >= 15 is 0 Å². The summed E-state index contributed by atoms with van der Waals surface area (Å²) in [6.45, 7) is 6.32. The number of hydrogen-bond donors (Lipinski definition) is 1. The minimum absolute atomic E-state index is 0.153. The molecule has 1 aliphatic carbocycles. The van der Waals surface area contributed by atoms with E-state index in [0.29, 0.717) is 22.6 Å². The van der Waals surface area contributed by atoms with Crippen molar-refractivity contribution < 1.29 is 4.79 Å². The highest BCUT2D eigenvalue weighted by Crippen LogP contribution is 2.30. The first-order valence-corrected chi connectivity index (χ1v) is 7.29. The van der Waals surface area contributed by atoms with Crippen molar-refractivity contribution >= 4 is 17.5 Å². The van der Waals surface area contributed by atoms with Gasteiger partial charge in [0.25, 0.3) is 5.91 Å². The average Bonchev–Trinajstić information content (AvgIpc) is 2.63. The van der Waals surface area contributed by atoms with Gasteiger partial charge in [-0.1, -0.05) is 38.3 Å². The topological polar surface area (TPSA) is 46.9 Å². The van der Waals surface area contributed by atoms with Crippen molar-refractivity contribution in [3.05, 3.63) is 16.4 Å². The van der Waals surface area contributed by atoms with Crippen LogP contribution in [0, 0.1) is 18.8 Å². The van der Waals surface area contributed by atoms with Crippen molar-refractivity contribution in [1.29, 1.82) is 0 Å². The summed E-state index contributed by atoms with van der Waals surface area (Å²) in [6, 6.07) is 0.231. The van der Waals surface area contributed by atoms with Crippen molar-refractivity contribution in [3.8, 4) is 0 Å². The average molecular weight is 284 g/mol. The van der Waals surface area contributed by atoms with Gasteiger partial charge < -0.3 is 5.32 Å². The monoisotopic (exact) mass is 283 g/mol. The van der Waals surface area contributed by atoms with Crippen LogP contribution in [-0.2, 0) is 7.05 Å². The normalized spacial score (nSPS) is 27.3. The summed E-state index contributed by atoms with van der Waals surface area (Å²) in [5.74, 6) is 1.00.